The maximum atomic E-state index is 13.2. The molecular weight excluding hydrogens is 316 g/mol. The van der Waals surface area contributed by atoms with Crippen molar-refractivity contribution in [3.05, 3.63) is 35.4 Å². The third-order valence-corrected chi connectivity index (χ3v) is 4.82. The van der Waals surface area contributed by atoms with Crippen molar-refractivity contribution in [2.24, 2.45) is 0 Å². The summed E-state index contributed by atoms with van der Waals surface area (Å²) in [5.41, 5.74) is 0.240. The van der Waals surface area contributed by atoms with Crippen molar-refractivity contribution in [1.29, 1.82) is 0 Å². The zero-order chi connectivity index (χ0) is 13.6. The Hall–Kier alpha value is -0.970. The topological polar surface area (TPSA) is 20.3 Å². The molecule has 2 bridgehead atoms. The third kappa shape index (κ3) is 2.29. The summed E-state index contributed by atoms with van der Waals surface area (Å²) in [6, 6.07) is 3.83. The molecule has 0 saturated carbocycles. The molecule has 0 aromatic heterocycles. The van der Waals surface area contributed by atoms with Gasteiger partial charge < -0.3 is 4.90 Å². The Morgan fingerprint density at radius 3 is 2.37 bits per heavy atom. The van der Waals surface area contributed by atoms with Crippen LogP contribution in [0.5, 0.6) is 0 Å². The van der Waals surface area contributed by atoms with E-state index in [1.807, 2.05) is 4.90 Å². The molecule has 0 N–H and O–H groups in total. The summed E-state index contributed by atoms with van der Waals surface area (Å²) in [7, 11) is 0. The van der Waals surface area contributed by atoms with Gasteiger partial charge in [-0.15, -0.1) is 0 Å². The van der Waals surface area contributed by atoms with Crippen LogP contribution in [0.4, 0.5) is 8.78 Å². The van der Waals surface area contributed by atoms with Crippen LogP contribution in [0.25, 0.3) is 0 Å². The highest BCUT2D eigenvalue weighted by atomic mass is 79.9. The highest BCUT2D eigenvalue weighted by Gasteiger charge is 2.42. The van der Waals surface area contributed by atoms with Gasteiger partial charge in [0.25, 0.3) is 5.91 Å². The number of carbonyl (C=O) groups is 1. The van der Waals surface area contributed by atoms with Gasteiger partial charge in [-0.05, 0) is 43.9 Å². The minimum absolute atomic E-state index is 0.175. The molecule has 2 fully saturated rings. The summed E-state index contributed by atoms with van der Waals surface area (Å²) in [5, 5.41) is 0. The highest BCUT2D eigenvalue weighted by Crippen LogP contribution is 2.39. The molecule has 0 radical (unpaired) electrons. The van der Waals surface area contributed by atoms with Gasteiger partial charge in [0.05, 0.1) is 0 Å². The van der Waals surface area contributed by atoms with Crippen LogP contribution in [-0.2, 0) is 0 Å². The Labute approximate surface area is 118 Å². The fourth-order valence-corrected chi connectivity index (χ4v) is 4.08. The summed E-state index contributed by atoms with van der Waals surface area (Å²) in [4.78, 5) is 14.8. The van der Waals surface area contributed by atoms with Crippen LogP contribution in [-0.4, -0.2) is 27.7 Å². The van der Waals surface area contributed by atoms with Crippen molar-refractivity contribution in [3.8, 4) is 0 Å². The van der Waals surface area contributed by atoms with Gasteiger partial charge in [0.1, 0.15) is 0 Å². The number of halogens is 3. The van der Waals surface area contributed by atoms with Gasteiger partial charge in [0.2, 0.25) is 0 Å². The van der Waals surface area contributed by atoms with Crippen molar-refractivity contribution >= 4 is 21.8 Å². The predicted molar refractivity (Wildman–Crippen MR) is 71.3 cm³/mol. The lowest BCUT2D eigenvalue weighted by molar-refractivity contribution is 0.0603. The van der Waals surface area contributed by atoms with Crippen LogP contribution < -0.4 is 0 Å². The van der Waals surface area contributed by atoms with Gasteiger partial charge in [-0.2, -0.15) is 0 Å². The van der Waals surface area contributed by atoms with Crippen molar-refractivity contribution < 1.29 is 13.6 Å². The van der Waals surface area contributed by atoms with E-state index in [1.54, 1.807) is 0 Å². The van der Waals surface area contributed by atoms with Gasteiger partial charge in [0, 0.05) is 22.5 Å². The normalized spacial score (nSPS) is 29.6. The predicted octanol–water partition coefficient (Wildman–Crippen LogP) is 3.50. The van der Waals surface area contributed by atoms with E-state index < -0.39 is 11.6 Å². The molecule has 5 heteroatoms. The zero-order valence-corrected chi connectivity index (χ0v) is 11.9. The molecule has 1 aromatic carbocycles. The molecule has 2 unspecified atom stereocenters. The van der Waals surface area contributed by atoms with E-state index in [1.165, 1.54) is 6.07 Å². The summed E-state index contributed by atoms with van der Waals surface area (Å²) < 4.78 is 26.1. The highest BCUT2D eigenvalue weighted by molar-refractivity contribution is 9.09. The van der Waals surface area contributed by atoms with E-state index in [-0.39, 0.29) is 23.6 Å². The van der Waals surface area contributed by atoms with Gasteiger partial charge in [0.15, 0.2) is 11.6 Å². The van der Waals surface area contributed by atoms with Crippen molar-refractivity contribution in [2.75, 3.05) is 0 Å². The SMILES string of the molecule is O=C(c1ccc(F)c(F)c1)N1C2CCC1CC(Br)C2. The zero-order valence-electron chi connectivity index (χ0n) is 10.3. The first-order valence-electron chi connectivity index (χ1n) is 6.48. The van der Waals surface area contributed by atoms with E-state index in [4.69, 9.17) is 0 Å². The van der Waals surface area contributed by atoms with Crippen molar-refractivity contribution in [3.63, 3.8) is 0 Å². The lowest BCUT2D eigenvalue weighted by Crippen LogP contribution is -2.46. The van der Waals surface area contributed by atoms with Crippen molar-refractivity contribution in [2.45, 2.75) is 42.6 Å². The number of alkyl halides is 1. The van der Waals surface area contributed by atoms with Crippen LogP contribution >= 0.6 is 15.9 Å². The largest absolute Gasteiger partial charge is 0.333 e. The molecule has 19 heavy (non-hydrogen) atoms. The fourth-order valence-electron chi connectivity index (χ4n) is 3.22. The molecule has 1 amide bonds. The molecule has 102 valence electrons. The number of hydrogen-bond donors (Lipinski definition) is 0. The molecular formula is C14H14BrF2NO. The average molecular weight is 330 g/mol. The standard InChI is InChI=1S/C14H14BrF2NO/c15-9-6-10-2-3-11(7-9)18(10)14(19)8-1-4-12(16)13(17)5-8/h1,4-5,9-11H,2-3,6-7H2. The molecule has 1 aromatic rings. The number of hydrogen-bond acceptors (Lipinski definition) is 1. The minimum Gasteiger partial charge on any atom is -0.333 e. The summed E-state index contributed by atoms with van der Waals surface area (Å²) >= 11 is 3.62. The Morgan fingerprint density at radius 2 is 1.79 bits per heavy atom. The first kappa shape index (κ1) is 13.0. The number of nitrogens with zero attached hydrogens (tertiary/aromatic N) is 1. The molecule has 2 nitrogen and oxygen atoms in total. The Balaban J connectivity index is 1.86. The molecule has 2 heterocycles. The number of rotatable bonds is 1. The third-order valence-electron chi connectivity index (χ3n) is 4.08. The number of amides is 1. The van der Waals surface area contributed by atoms with Crippen LogP contribution in [0.2, 0.25) is 0 Å². The molecule has 2 aliphatic heterocycles. The lowest BCUT2D eigenvalue weighted by Gasteiger charge is -2.37. The quantitative estimate of drug-likeness (QED) is 0.722. The van der Waals surface area contributed by atoms with Gasteiger partial charge in [-0.3, -0.25) is 4.79 Å². The molecule has 3 rings (SSSR count). The maximum absolute atomic E-state index is 13.2. The van der Waals surface area contributed by atoms with Crippen LogP contribution in [0.3, 0.4) is 0 Å². The molecule has 0 spiro atoms. The molecule has 2 aliphatic rings. The molecule has 0 aliphatic carbocycles. The number of carbonyl (C=O) groups excluding carboxylic acids is 1. The van der Waals surface area contributed by atoms with Crippen LogP contribution in [0.1, 0.15) is 36.0 Å². The summed E-state index contributed by atoms with van der Waals surface area (Å²) in [5.74, 6) is -2.06. The van der Waals surface area contributed by atoms with E-state index in [9.17, 15) is 13.6 Å². The summed E-state index contributed by atoms with van der Waals surface area (Å²) in [6.07, 6.45) is 3.88. The summed E-state index contributed by atoms with van der Waals surface area (Å²) in [6.45, 7) is 0. The Kier molecular flexibility index (Phi) is 3.33. The first-order valence-corrected chi connectivity index (χ1v) is 7.39. The molecule has 2 atom stereocenters. The minimum atomic E-state index is -0.964. The van der Waals surface area contributed by atoms with Gasteiger partial charge in [-0.1, -0.05) is 15.9 Å². The maximum Gasteiger partial charge on any atom is 0.254 e. The number of piperidine rings is 1. The van der Waals surface area contributed by atoms with Crippen LogP contribution in [0.15, 0.2) is 18.2 Å². The molecule has 2 saturated heterocycles. The second-order valence-electron chi connectivity index (χ2n) is 5.29. The van der Waals surface area contributed by atoms with E-state index in [2.05, 4.69) is 15.9 Å². The second kappa shape index (κ2) is 4.85. The van der Waals surface area contributed by atoms with Crippen LogP contribution in [0, 0.1) is 11.6 Å². The monoisotopic (exact) mass is 329 g/mol. The Bertz CT molecular complexity index is 508. The van der Waals surface area contributed by atoms with Gasteiger partial charge in [-0.25, -0.2) is 8.78 Å². The fraction of sp³-hybridized carbons (Fsp3) is 0.500. The Morgan fingerprint density at radius 1 is 1.16 bits per heavy atom. The first-order chi connectivity index (χ1) is 9.06. The second-order valence-corrected chi connectivity index (χ2v) is 6.59. The lowest BCUT2D eigenvalue weighted by atomic mass is 10.0. The van der Waals surface area contributed by atoms with Gasteiger partial charge >= 0.3 is 0 Å². The number of benzene rings is 1. The van der Waals surface area contributed by atoms with Crippen molar-refractivity contribution in [1.82, 2.24) is 4.90 Å². The van der Waals surface area contributed by atoms with E-state index in [0.29, 0.717) is 4.83 Å². The van der Waals surface area contributed by atoms with E-state index >= 15 is 0 Å². The van der Waals surface area contributed by atoms with E-state index in [0.717, 1.165) is 37.8 Å². The average Bonchev–Trinajstić information content (AvgIpc) is 2.64. The number of fused-ring (bicyclic) bond motifs is 2. The smallest absolute Gasteiger partial charge is 0.254 e.